The lowest BCUT2D eigenvalue weighted by Gasteiger charge is -2.19. The number of ether oxygens (including phenoxy) is 1. The molecule has 0 saturated carbocycles. The molecule has 0 spiro atoms. The number of carbonyl (C=O) groups is 1. The first kappa shape index (κ1) is 20.0. The van der Waals surface area contributed by atoms with Crippen LogP contribution >= 0.6 is 0 Å². The van der Waals surface area contributed by atoms with E-state index in [0.717, 1.165) is 34.7 Å². The molecule has 1 fully saturated rings. The lowest BCUT2D eigenvalue weighted by atomic mass is 10.2. The summed E-state index contributed by atoms with van der Waals surface area (Å²) in [5.74, 6) is 1.25. The number of pyridine rings is 1. The van der Waals surface area contributed by atoms with Gasteiger partial charge >= 0.3 is 6.03 Å². The maximum atomic E-state index is 13.1. The summed E-state index contributed by atoms with van der Waals surface area (Å²) in [5.41, 5.74) is 3.13. The Morgan fingerprint density at radius 3 is 2.66 bits per heavy atom. The number of nitrogens with one attached hydrogen (secondary N) is 1. The Morgan fingerprint density at radius 2 is 1.91 bits per heavy atom. The second-order valence-electron chi connectivity index (χ2n) is 7.71. The van der Waals surface area contributed by atoms with E-state index in [9.17, 15) is 9.18 Å². The number of anilines is 1. The van der Waals surface area contributed by atoms with E-state index in [1.807, 2.05) is 36.4 Å². The topological polar surface area (TPSA) is 72.3 Å². The third-order valence-corrected chi connectivity index (χ3v) is 5.71. The minimum Gasteiger partial charge on any atom is -0.497 e. The van der Waals surface area contributed by atoms with E-state index in [2.05, 4.69) is 14.9 Å². The van der Waals surface area contributed by atoms with Crippen LogP contribution < -0.4 is 10.1 Å². The average molecular weight is 431 g/mol. The quantitative estimate of drug-likeness (QED) is 0.507. The van der Waals surface area contributed by atoms with Crippen molar-refractivity contribution in [2.75, 3.05) is 25.5 Å². The fraction of sp³-hybridized carbons (Fsp3) is 0.208. The molecule has 2 aromatic heterocycles. The van der Waals surface area contributed by atoms with Crippen molar-refractivity contribution in [1.82, 2.24) is 19.4 Å². The zero-order chi connectivity index (χ0) is 22.1. The van der Waals surface area contributed by atoms with Gasteiger partial charge in [0, 0.05) is 30.5 Å². The van der Waals surface area contributed by atoms with Gasteiger partial charge in [-0.15, -0.1) is 0 Å². The molecule has 1 saturated heterocycles. The number of nitrogens with zero attached hydrogens (tertiary/aromatic N) is 4. The fourth-order valence-corrected chi connectivity index (χ4v) is 4.09. The number of benzene rings is 2. The number of urea groups is 1. The Bertz CT molecular complexity index is 1250. The minimum absolute atomic E-state index is 0.0333. The second-order valence-corrected chi connectivity index (χ2v) is 7.71. The highest BCUT2D eigenvalue weighted by Crippen LogP contribution is 2.33. The number of hydrogen-bond donors (Lipinski definition) is 1. The molecule has 162 valence electrons. The molecule has 1 aliphatic rings. The first-order valence-electron chi connectivity index (χ1n) is 10.4. The van der Waals surface area contributed by atoms with Crippen LogP contribution in [0.2, 0.25) is 0 Å². The number of rotatable bonds is 4. The molecule has 0 aliphatic carbocycles. The largest absolute Gasteiger partial charge is 0.497 e. The van der Waals surface area contributed by atoms with E-state index >= 15 is 0 Å². The molecule has 32 heavy (non-hydrogen) atoms. The lowest BCUT2D eigenvalue weighted by Crippen LogP contribution is -2.33. The summed E-state index contributed by atoms with van der Waals surface area (Å²) in [6.07, 6.45) is 2.54. The first-order chi connectivity index (χ1) is 15.6. The maximum absolute atomic E-state index is 13.1. The number of methoxy groups -OCH3 is 1. The molecular weight excluding hydrogens is 409 g/mol. The highest BCUT2D eigenvalue weighted by atomic mass is 19.1. The van der Waals surface area contributed by atoms with Crippen molar-refractivity contribution in [1.29, 1.82) is 0 Å². The zero-order valence-electron chi connectivity index (χ0n) is 17.5. The van der Waals surface area contributed by atoms with Crippen LogP contribution in [0.1, 0.15) is 12.5 Å². The van der Waals surface area contributed by atoms with Crippen LogP contribution in [0.3, 0.4) is 0 Å². The van der Waals surface area contributed by atoms with Gasteiger partial charge in [-0.3, -0.25) is 0 Å². The van der Waals surface area contributed by atoms with Gasteiger partial charge in [-0.25, -0.2) is 19.2 Å². The van der Waals surface area contributed by atoms with Crippen molar-refractivity contribution in [3.05, 3.63) is 72.7 Å². The number of hydrogen-bond acceptors (Lipinski definition) is 4. The summed E-state index contributed by atoms with van der Waals surface area (Å²) in [4.78, 5) is 23.9. The van der Waals surface area contributed by atoms with Gasteiger partial charge < -0.3 is 19.5 Å². The summed E-state index contributed by atoms with van der Waals surface area (Å²) in [5, 5.41) is 2.84. The fourth-order valence-electron chi connectivity index (χ4n) is 4.09. The number of aromatic nitrogens is 3. The molecule has 1 N–H and O–H groups in total. The summed E-state index contributed by atoms with van der Waals surface area (Å²) in [6.45, 7) is 1.13. The van der Waals surface area contributed by atoms with Crippen LogP contribution in [0.4, 0.5) is 14.9 Å². The molecule has 0 bridgehead atoms. The van der Waals surface area contributed by atoms with Gasteiger partial charge in [0.2, 0.25) is 0 Å². The SMILES string of the molecule is COc1ccc(-c2nc3cccnc3n2C2CCN(C(=O)Nc3ccc(F)cc3)C2)cc1. The number of halogens is 1. The Kier molecular flexibility index (Phi) is 5.18. The lowest BCUT2D eigenvalue weighted by molar-refractivity contribution is 0.221. The van der Waals surface area contributed by atoms with Crippen molar-refractivity contribution in [2.45, 2.75) is 12.5 Å². The summed E-state index contributed by atoms with van der Waals surface area (Å²) < 4.78 is 20.5. The normalized spacial score (nSPS) is 15.8. The van der Waals surface area contributed by atoms with Crippen LogP contribution in [0.25, 0.3) is 22.6 Å². The highest BCUT2D eigenvalue weighted by Gasteiger charge is 2.31. The third-order valence-electron chi connectivity index (χ3n) is 5.71. The van der Waals surface area contributed by atoms with E-state index in [-0.39, 0.29) is 17.9 Å². The van der Waals surface area contributed by atoms with Crippen LogP contribution in [0.15, 0.2) is 66.9 Å². The summed E-state index contributed by atoms with van der Waals surface area (Å²) in [6, 6.07) is 17.2. The number of likely N-dealkylation sites (tertiary alicyclic amines) is 1. The van der Waals surface area contributed by atoms with E-state index in [1.165, 1.54) is 12.1 Å². The van der Waals surface area contributed by atoms with E-state index < -0.39 is 0 Å². The molecule has 2 aromatic carbocycles. The molecule has 8 heteroatoms. The monoisotopic (exact) mass is 431 g/mol. The van der Waals surface area contributed by atoms with Crippen LogP contribution in [0.5, 0.6) is 5.75 Å². The van der Waals surface area contributed by atoms with Crippen LogP contribution in [-0.2, 0) is 0 Å². The van der Waals surface area contributed by atoms with Gasteiger partial charge in [0.05, 0.1) is 13.2 Å². The minimum atomic E-state index is -0.338. The van der Waals surface area contributed by atoms with Crippen LogP contribution in [-0.4, -0.2) is 45.7 Å². The molecule has 4 aromatic rings. The predicted octanol–water partition coefficient (Wildman–Crippen LogP) is 4.72. The van der Waals surface area contributed by atoms with Gasteiger partial charge in [0.1, 0.15) is 22.9 Å². The maximum Gasteiger partial charge on any atom is 0.321 e. The average Bonchev–Trinajstić information content (AvgIpc) is 3.45. The summed E-state index contributed by atoms with van der Waals surface area (Å²) in [7, 11) is 1.64. The smallest absolute Gasteiger partial charge is 0.321 e. The molecule has 1 unspecified atom stereocenters. The number of carbonyl (C=O) groups excluding carboxylic acids is 1. The van der Waals surface area contributed by atoms with Gasteiger partial charge in [-0.05, 0) is 67.1 Å². The molecular formula is C24H22FN5O2. The number of amides is 2. The van der Waals surface area contributed by atoms with Crippen molar-refractivity contribution < 1.29 is 13.9 Å². The molecule has 1 aliphatic heterocycles. The molecule has 2 amide bonds. The Balaban J connectivity index is 1.43. The molecule has 1 atom stereocenters. The third kappa shape index (κ3) is 3.75. The first-order valence-corrected chi connectivity index (χ1v) is 10.4. The molecule has 0 radical (unpaired) electrons. The number of fused-ring (bicyclic) bond motifs is 1. The second kappa shape index (κ2) is 8.30. The highest BCUT2D eigenvalue weighted by molar-refractivity contribution is 5.89. The molecule has 7 nitrogen and oxygen atoms in total. The van der Waals surface area contributed by atoms with Crippen molar-refractivity contribution in [3.63, 3.8) is 0 Å². The van der Waals surface area contributed by atoms with E-state index in [4.69, 9.17) is 9.72 Å². The van der Waals surface area contributed by atoms with Crippen molar-refractivity contribution >= 4 is 22.9 Å². The Hall–Kier alpha value is -3.94. The Morgan fingerprint density at radius 1 is 1.12 bits per heavy atom. The van der Waals surface area contributed by atoms with Crippen molar-refractivity contribution in [2.24, 2.45) is 0 Å². The Labute approximate surface area is 184 Å². The van der Waals surface area contributed by atoms with Gasteiger partial charge in [-0.1, -0.05) is 0 Å². The zero-order valence-corrected chi connectivity index (χ0v) is 17.5. The van der Waals surface area contributed by atoms with Gasteiger partial charge in [0.25, 0.3) is 0 Å². The number of imidazole rings is 1. The van der Waals surface area contributed by atoms with Gasteiger partial charge in [-0.2, -0.15) is 0 Å². The van der Waals surface area contributed by atoms with E-state index in [1.54, 1.807) is 30.3 Å². The molecule has 5 rings (SSSR count). The van der Waals surface area contributed by atoms with E-state index in [0.29, 0.717) is 18.8 Å². The van der Waals surface area contributed by atoms with Crippen LogP contribution in [0, 0.1) is 5.82 Å². The summed E-state index contributed by atoms with van der Waals surface area (Å²) >= 11 is 0. The van der Waals surface area contributed by atoms with Gasteiger partial charge in [0.15, 0.2) is 5.65 Å². The van der Waals surface area contributed by atoms with Crippen molar-refractivity contribution in [3.8, 4) is 17.1 Å². The standard InChI is InChI=1S/C24H22FN5O2/c1-32-20-10-4-16(5-11-20)22-28-21-3-2-13-26-23(21)30(22)19-12-14-29(15-19)24(31)27-18-8-6-17(25)7-9-18/h2-11,13,19H,12,14-15H2,1H3,(H,27,31). The predicted molar refractivity (Wildman–Crippen MR) is 120 cm³/mol. The molecule has 3 heterocycles.